The number of halogens is 1. The van der Waals surface area contributed by atoms with E-state index in [1.54, 1.807) is 0 Å². The number of benzene rings is 3. The van der Waals surface area contributed by atoms with Crippen LogP contribution < -0.4 is 25.8 Å². The fraction of sp³-hybridized carbons (Fsp3) is 0.269. The normalized spacial score (nSPS) is 15.8. The van der Waals surface area contributed by atoms with Crippen LogP contribution in [0.1, 0.15) is 30.5 Å². The molecule has 0 aromatic heterocycles. The highest BCUT2D eigenvalue weighted by Crippen LogP contribution is 2.35. The van der Waals surface area contributed by atoms with E-state index >= 15 is 0 Å². The summed E-state index contributed by atoms with van der Waals surface area (Å²) in [7, 11) is 0. The molecule has 2 atom stereocenters. The molecule has 1 aliphatic heterocycles. The fourth-order valence-electron chi connectivity index (χ4n) is 3.98. The molecule has 3 aromatic rings. The first kappa shape index (κ1) is 22.8. The molecule has 3 aromatic carbocycles. The maximum absolute atomic E-state index is 6.26. The van der Waals surface area contributed by atoms with Gasteiger partial charge in [-0.3, -0.25) is 0 Å². The van der Waals surface area contributed by atoms with Crippen molar-refractivity contribution in [2.45, 2.75) is 32.0 Å². The van der Waals surface area contributed by atoms with Gasteiger partial charge >= 0.3 is 0 Å². The summed E-state index contributed by atoms with van der Waals surface area (Å²) < 4.78 is 12.2. The topological polar surface area (TPSA) is 86.1 Å². The number of guanidine groups is 1. The van der Waals surface area contributed by atoms with Crippen LogP contribution in [0, 0.1) is 0 Å². The number of nitrogens with two attached hydrogens (primary N) is 2. The number of fused-ring (bicyclic) bond motifs is 1. The third-order valence-corrected chi connectivity index (χ3v) is 5.83. The Hall–Kier alpha value is -3.38. The minimum Gasteiger partial charge on any atom is -0.493 e. The molecule has 33 heavy (non-hydrogen) atoms. The van der Waals surface area contributed by atoms with Gasteiger partial charge in [-0.25, -0.2) is 4.99 Å². The van der Waals surface area contributed by atoms with Crippen LogP contribution in [-0.2, 0) is 6.54 Å². The third kappa shape index (κ3) is 6.11. The van der Waals surface area contributed by atoms with Crippen molar-refractivity contribution in [1.82, 2.24) is 0 Å². The lowest BCUT2D eigenvalue weighted by atomic mass is 10.1. The predicted octanol–water partition coefficient (Wildman–Crippen LogP) is 4.91. The zero-order valence-electron chi connectivity index (χ0n) is 18.7. The van der Waals surface area contributed by atoms with Crippen molar-refractivity contribution >= 4 is 23.2 Å². The van der Waals surface area contributed by atoms with Gasteiger partial charge in [-0.2, -0.15) is 0 Å². The van der Waals surface area contributed by atoms with Gasteiger partial charge in [0.1, 0.15) is 17.6 Å². The molecule has 0 fully saturated rings. The summed E-state index contributed by atoms with van der Waals surface area (Å²) in [6.07, 6.45) is 0.798. The minimum atomic E-state index is -0.0924. The Labute approximate surface area is 199 Å². The molecule has 0 radical (unpaired) electrons. The molecule has 4 N–H and O–H groups in total. The summed E-state index contributed by atoms with van der Waals surface area (Å²) in [5.41, 5.74) is 14.2. The average Bonchev–Trinajstić information content (AvgIpc) is 2.79. The van der Waals surface area contributed by atoms with Gasteiger partial charge in [0.05, 0.1) is 24.9 Å². The van der Waals surface area contributed by atoms with Crippen LogP contribution in [0.5, 0.6) is 11.5 Å². The van der Waals surface area contributed by atoms with Crippen molar-refractivity contribution in [2.75, 3.05) is 18.1 Å². The number of anilines is 1. The standard InChI is InChI=1S/C26H29ClN4O2/c1-18(30-26(28)29)20-9-11-22(12-10-20)32-14-13-23-17-31(16-19-5-4-6-21(27)15-19)24-7-2-3-8-25(24)33-23/h2-12,15,18,23H,13-14,16-17H2,1H3,(H4,28,29,30). The van der Waals surface area contributed by atoms with Crippen LogP contribution in [0.3, 0.4) is 0 Å². The van der Waals surface area contributed by atoms with Gasteiger partial charge in [0.2, 0.25) is 0 Å². The van der Waals surface area contributed by atoms with Gasteiger partial charge in [0.15, 0.2) is 5.96 Å². The Balaban J connectivity index is 1.36. The maximum Gasteiger partial charge on any atom is 0.186 e. The second kappa shape index (κ2) is 10.5. The van der Waals surface area contributed by atoms with Gasteiger partial charge < -0.3 is 25.8 Å². The largest absolute Gasteiger partial charge is 0.493 e. The predicted molar refractivity (Wildman–Crippen MR) is 134 cm³/mol. The molecule has 0 aliphatic carbocycles. The van der Waals surface area contributed by atoms with Crippen molar-refractivity contribution in [1.29, 1.82) is 0 Å². The van der Waals surface area contributed by atoms with Gasteiger partial charge in [0, 0.05) is 18.0 Å². The first-order valence-electron chi connectivity index (χ1n) is 11.0. The molecule has 1 heterocycles. The lowest BCUT2D eigenvalue weighted by molar-refractivity contribution is 0.155. The molecular weight excluding hydrogens is 436 g/mol. The van der Waals surface area contributed by atoms with Crippen molar-refractivity contribution in [3.8, 4) is 11.5 Å². The molecule has 172 valence electrons. The molecule has 0 saturated heterocycles. The molecule has 4 rings (SSSR count). The van der Waals surface area contributed by atoms with E-state index in [-0.39, 0.29) is 18.1 Å². The Morgan fingerprint density at radius 2 is 1.91 bits per heavy atom. The first-order valence-corrected chi connectivity index (χ1v) is 11.4. The fourth-order valence-corrected chi connectivity index (χ4v) is 4.20. The van der Waals surface area contributed by atoms with E-state index in [1.165, 1.54) is 5.56 Å². The summed E-state index contributed by atoms with van der Waals surface area (Å²) in [6.45, 7) is 4.05. The number of aliphatic imine (C=N–C) groups is 1. The maximum atomic E-state index is 6.26. The minimum absolute atomic E-state index is 0.0280. The van der Waals surface area contributed by atoms with E-state index in [0.29, 0.717) is 6.61 Å². The van der Waals surface area contributed by atoms with Crippen LogP contribution >= 0.6 is 11.6 Å². The van der Waals surface area contributed by atoms with Crippen LogP contribution in [0.4, 0.5) is 5.69 Å². The summed E-state index contributed by atoms with van der Waals surface area (Å²) in [5, 5.41) is 0.748. The lowest BCUT2D eigenvalue weighted by Gasteiger charge is -2.36. The van der Waals surface area contributed by atoms with Crippen LogP contribution in [0.2, 0.25) is 5.02 Å². The van der Waals surface area contributed by atoms with E-state index < -0.39 is 0 Å². The van der Waals surface area contributed by atoms with Crippen LogP contribution in [-0.4, -0.2) is 25.2 Å². The molecular formula is C26H29ClN4O2. The van der Waals surface area contributed by atoms with Gasteiger partial charge in [0.25, 0.3) is 0 Å². The third-order valence-electron chi connectivity index (χ3n) is 5.60. The molecule has 0 amide bonds. The first-order chi connectivity index (χ1) is 16.0. The van der Waals surface area contributed by atoms with Gasteiger partial charge in [-0.15, -0.1) is 0 Å². The number of nitrogens with zero attached hydrogens (tertiary/aromatic N) is 2. The van der Waals surface area contributed by atoms with Gasteiger partial charge in [-0.05, 0) is 54.4 Å². The molecule has 6 nitrogen and oxygen atoms in total. The van der Waals surface area contributed by atoms with Crippen LogP contribution in [0.25, 0.3) is 0 Å². The number of para-hydroxylation sites is 2. The van der Waals surface area contributed by atoms with Gasteiger partial charge in [-0.1, -0.05) is 48.0 Å². The average molecular weight is 465 g/mol. The summed E-state index contributed by atoms with van der Waals surface area (Å²) in [4.78, 5) is 6.51. The molecule has 0 saturated carbocycles. The van der Waals surface area contributed by atoms with E-state index in [1.807, 2.05) is 67.6 Å². The molecule has 0 bridgehead atoms. The molecule has 0 spiro atoms. The monoisotopic (exact) mass is 464 g/mol. The Bertz CT molecular complexity index is 1100. The van der Waals surface area contributed by atoms with Crippen LogP contribution in [0.15, 0.2) is 77.8 Å². The zero-order chi connectivity index (χ0) is 23.2. The SMILES string of the molecule is CC(N=C(N)N)c1ccc(OCCC2CN(Cc3cccc(Cl)c3)c3ccccc3O2)cc1. The van der Waals surface area contributed by atoms with E-state index in [4.69, 9.17) is 32.5 Å². The second-order valence-corrected chi connectivity index (χ2v) is 8.59. The van der Waals surface area contributed by atoms with Crippen molar-refractivity contribution in [3.05, 3.63) is 88.9 Å². The van der Waals surface area contributed by atoms with E-state index in [9.17, 15) is 0 Å². The Kier molecular flexibility index (Phi) is 7.25. The van der Waals surface area contributed by atoms with Crippen molar-refractivity contribution in [3.63, 3.8) is 0 Å². The summed E-state index contributed by atoms with van der Waals surface area (Å²) in [5.74, 6) is 1.79. The zero-order valence-corrected chi connectivity index (χ0v) is 19.4. The number of hydrogen-bond donors (Lipinski definition) is 2. The highest BCUT2D eigenvalue weighted by molar-refractivity contribution is 6.30. The second-order valence-electron chi connectivity index (χ2n) is 8.15. The van der Waals surface area contributed by atoms with Crippen molar-refractivity contribution in [2.24, 2.45) is 16.5 Å². The molecule has 1 aliphatic rings. The highest BCUT2D eigenvalue weighted by atomic mass is 35.5. The highest BCUT2D eigenvalue weighted by Gasteiger charge is 2.25. The Morgan fingerprint density at radius 3 is 2.67 bits per heavy atom. The number of hydrogen-bond acceptors (Lipinski definition) is 4. The Morgan fingerprint density at radius 1 is 1.12 bits per heavy atom. The molecule has 2 unspecified atom stereocenters. The van der Waals surface area contributed by atoms with E-state index in [2.05, 4.69) is 22.0 Å². The summed E-state index contributed by atoms with van der Waals surface area (Å²) in [6, 6.07) is 23.9. The summed E-state index contributed by atoms with van der Waals surface area (Å²) >= 11 is 6.19. The quantitative estimate of drug-likeness (QED) is 0.365. The lowest BCUT2D eigenvalue weighted by Crippen LogP contribution is -2.40. The van der Waals surface area contributed by atoms with Crippen molar-refractivity contribution < 1.29 is 9.47 Å². The number of rotatable bonds is 8. The smallest absolute Gasteiger partial charge is 0.186 e. The molecule has 7 heteroatoms. The van der Waals surface area contributed by atoms with E-state index in [0.717, 1.165) is 47.3 Å². The number of ether oxygens (including phenoxy) is 2.